The Labute approximate surface area is 107 Å². The van der Waals surface area contributed by atoms with E-state index in [0.29, 0.717) is 5.54 Å². The molecule has 0 unspecified atom stereocenters. The van der Waals surface area contributed by atoms with Crippen molar-refractivity contribution in [2.24, 2.45) is 0 Å². The third-order valence-electron chi connectivity index (χ3n) is 3.79. The van der Waals surface area contributed by atoms with Crippen molar-refractivity contribution in [3.05, 3.63) is 28.6 Å². The Bertz CT molecular complexity index is 600. The van der Waals surface area contributed by atoms with Crippen LogP contribution in [-0.4, -0.2) is 19.7 Å². The van der Waals surface area contributed by atoms with Gasteiger partial charge >= 0.3 is 0 Å². The van der Waals surface area contributed by atoms with Crippen LogP contribution in [0.25, 0.3) is 11.5 Å². The molecule has 2 aliphatic rings. The number of hydrogen-bond acceptors (Lipinski definition) is 3. The Kier molecular flexibility index (Phi) is 1.82. The average Bonchev–Trinajstić information content (AvgIpc) is 2.83. The highest BCUT2D eigenvalue weighted by atomic mass is 79.9. The van der Waals surface area contributed by atoms with E-state index in [4.69, 9.17) is 0 Å². The fourth-order valence-electron chi connectivity index (χ4n) is 2.75. The van der Waals surface area contributed by atoms with Gasteiger partial charge in [0, 0.05) is 12.0 Å². The molecule has 0 atom stereocenters. The fraction of sp³-hybridized carbons (Fsp3) is 0.417. The van der Waals surface area contributed by atoms with E-state index >= 15 is 0 Å². The normalized spacial score (nSPS) is 19.6. The second-order valence-electron chi connectivity index (χ2n) is 4.85. The molecule has 4 nitrogen and oxygen atoms in total. The van der Waals surface area contributed by atoms with Crippen molar-refractivity contribution >= 4 is 15.9 Å². The van der Waals surface area contributed by atoms with Crippen LogP contribution in [-0.2, 0) is 12.0 Å². The quantitative estimate of drug-likeness (QED) is 0.758. The molecule has 0 N–H and O–H groups in total. The second-order valence-corrected chi connectivity index (χ2v) is 5.66. The van der Waals surface area contributed by atoms with E-state index in [-0.39, 0.29) is 0 Å². The van der Waals surface area contributed by atoms with Crippen LogP contribution in [0, 0.1) is 0 Å². The number of rotatable bonds is 1. The first kappa shape index (κ1) is 9.76. The molecular formula is C12H11BrN4. The second kappa shape index (κ2) is 3.16. The Balaban J connectivity index is 1.91. The summed E-state index contributed by atoms with van der Waals surface area (Å²) in [7, 11) is 0. The van der Waals surface area contributed by atoms with Crippen LogP contribution < -0.4 is 0 Å². The number of aromatic nitrogens is 4. The molecule has 1 fully saturated rings. The summed E-state index contributed by atoms with van der Waals surface area (Å²) < 4.78 is 3.16. The molecule has 2 aromatic rings. The lowest BCUT2D eigenvalue weighted by Crippen LogP contribution is -2.13. The summed E-state index contributed by atoms with van der Waals surface area (Å²) in [5.41, 5.74) is 1.24. The minimum atomic E-state index is 0.332. The van der Waals surface area contributed by atoms with Crippen molar-refractivity contribution < 1.29 is 0 Å². The molecule has 0 saturated heterocycles. The summed E-state index contributed by atoms with van der Waals surface area (Å²) in [6, 6.07) is 5.91. The Morgan fingerprint density at radius 1 is 1.18 bits per heavy atom. The zero-order valence-corrected chi connectivity index (χ0v) is 10.8. The Morgan fingerprint density at radius 2 is 2.06 bits per heavy atom. The van der Waals surface area contributed by atoms with Crippen LogP contribution in [0.5, 0.6) is 0 Å². The van der Waals surface area contributed by atoms with Gasteiger partial charge < -0.3 is 4.57 Å². The van der Waals surface area contributed by atoms with Gasteiger partial charge in [-0.1, -0.05) is 6.07 Å². The molecule has 5 heteroatoms. The first-order chi connectivity index (χ1) is 8.28. The van der Waals surface area contributed by atoms with E-state index in [1.165, 1.54) is 19.3 Å². The Morgan fingerprint density at radius 3 is 2.82 bits per heavy atom. The molecule has 2 aromatic heterocycles. The van der Waals surface area contributed by atoms with Gasteiger partial charge in [-0.25, -0.2) is 4.98 Å². The summed E-state index contributed by atoms with van der Waals surface area (Å²) in [5.74, 6) is 2.05. The standard InChI is InChI=1S/C12H11BrN4/c13-9-3-1-2-8(14-9)11-16-15-10-4-5-12(6-7-12)17(10)11/h1-3H,4-7H2. The molecule has 1 aliphatic heterocycles. The average molecular weight is 291 g/mol. The van der Waals surface area contributed by atoms with Crippen LogP contribution in [0.3, 0.4) is 0 Å². The highest BCUT2D eigenvalue weighted by molar-refractivity contribution is 9.10. The topological polar surface area (TPSA) is 43.6 Å². The van der Waals surface area contributed by atoms with Crippen molar-refractivity contribution in [3.63, 3.8) is 0 Å². The van der Waals surface area contributed by atoms with Gasteiger partial charge in [0.1, 0.15) is 16.1 Å². The summed E-state index contributed by atoms with van der Waals surface area (Å²) in [6.45, 7) is 0. The lowest BCUT2D eigenvalue weighted by Gasteiger charge is -2.12. The number of halogens is 1. The maximum atomic E-state index is 4.48. The molecule has 86 valence electrons. The summed E-state index contributed by atoms with van der Waals surface area (Å²) in [5, 5.41) is 8.61. The Hall–Kier alpha value is -1.23. The first-order valence-electron chi connectivity index (χ1n) is 5.86. The van der Waals surface area contributed by atoms with Crippen molar-refractivity contribution in [2.45, 2.75) is 31.2 Å². The lowest BCUT2D eigenvalue weighted by molar-refractivity contribution is 0.512. The van der Waals surface area contributed by atoms with Gasteiger partial charge in [-0.3, -0.25) is 0 Å². The fourth-order valence-corrected chi connectivity index (χ4v) is 3.09. The molecule has 0 radical (unpaired) electrons. The number of pyridine rings is 1. The van der Waals surface area contributed by atoms with Crippen LogP contribution in [0.1, 0.15) is 25.1 Å². The van der Waals surface area contributed by atoms with E-state index in [2.05, 4.69) is 35.7 Å². The van der Waals surface area contributed by atoms with E-state index in [1.54, 1.807) is 0 Å². The molecule has 1 spiro atoms. The molecular weight excluding hydrogens is 280 g/mol. The van der Waals surface area contributed by atoms with Crippen LogP contribution in [0.4, 0.5) is 0 Å². The molecule has 3 heterocycles. The summed E-state index contributed by atoms with van der Waals surface area (Å²) in [6.07, 6.45) is 4.80. The van der Waals surface area contributed by atoms with Gasteiger partial charge in [0.25, 0.3) is 0 Å². The highest BCUT2D eigenvalue weighted by Gasteiger charge is 2.50. The zero-order valence-electron chi connectivity index (χ0n) is 9.23. The number of fused-ring (bicyclic) bond motifs is 2. The third-order valence-corrected chi connectivity index (χ3v) is 4.23. The predicted octanol–water partition coefficient (Wildman–Crippen LogP) is 2.54. The van der Waals surface area contributed by atoms with Gasteiger partial charge in [-0.2, -0.15) is 0 Å². The minimum absolute atomic E-state index is 0.332. The molecule has 0 bridgehead atoms. The smallest absolute Gasteiger partial charge is 0.183 e. The first-order valence-corrected chi connectivity index (χ1v) is 6.66. The zero-order chi connectivity index (χ0) is 11.5. The molecule has 1 aliphatic carbocycles. The SMILES string of the molecule is Brc1cccc(-c2nnc3n2C2(CC3)CC2)n1. The van der Waals surface area contributed by atoms with Crippen LogP contribution >= 0.6 is 15.9 Å². The monoisotopic (exact) mass is 290 g/mol. The molecule has 0 aromatic carbocycles. The van der Waals surface area contributed by atoms with E-state index in [9.17, 15) is 0 Å². The maximum Gasteiger partial charge on any atom is 0.183 e. The van der Waals surface area contributed by atoms with Crippen molar-refractivity contribution in [1.82, 2.24) is 19.7 Å². The minimum Gasteiger partial charge on any atom is -0.303 e. The number of aryl methyl sites for hydroxylation is 1. The van der Waals surface area contributed by atoms with Crippen molar-refractivity contribution in [3.8, 4) is 11.5 Å². The lowest BCUT2D eigenvalue weighted by atomic mass is 10.2. The highest BCUT2D eigenvalue weighted by Crippen LogP contribution is 2.53. The predicted molar refractivity (Wildman–Crippen MR) is 66.5 cm³/mol. The summed E-state index contributed by atoms with van der Waals surface area (Å²) in [4.78, 5) is 4.48. The largest absolute Gasteiger partial charge is 0.303 e. The molecule has 17 heavy (non-hydrogen) atoms. The van der Waals surface area contributed by atoms with Crippen LogP contribution in [0.2, 0.25) is 0 Å². The van der Waals surface area contributed by atoms with E-state index < -0.39 is 0 Å². The molecule has 4 rings (SSSR count). The molecule has 0 amide bonds. The van der Waals surface area contributed by atoms with E-state index in [1.807, 2.05) is 18.2 Å². The summed E-state index contributed by atoms with van der Waals surface area (Å²) >= 11 is 3.40. The van der Waals surface area contributed by atoms with E-state index in [0.717, 1.165) is 28.4 Å². The van der Waals surface area contributed by atoms with Gasteiger partial charge in [0.2, 0.25) is 0 Å². The molecule has 1 saturated carbocycles. The van der Waals surface area contributed by atoms with Crippen LogP contribution in [0.15, 0.2) is 22.8 Å². The number of hydrogen-bond donors (Lipinski definition) is 0. The van der Waals surface area contributed by atoms with Crippen molar-refractivity contribution in [1.29, 1.82) is 0 Å². The van der Waals surface area contributed by atoms with Gasteiger partial charge in [-0.15, -0.1) is 10.2 Å². The maximum absolute atomic E-state index is 4.48. The third kappa shape index (κ3) is 1.32. The van der Waals surface area contributed by atoms with Gasteiger partial charge in [0.05, 0.1) is 0 Å². The van der Waals surface area contributed by atoms with Crippen molar-refractivity contribution in [2.75, 3.05) is 0 Å². The van der Waals surface area contributed by atoms with Gasteiger partial charge in [0.15, 0.2) is 5.82 Å². The van der Waals surface area contributed by atoms with Gasteiger partial charge in [-0.05, 0) is 47.3 Å². The number of nitrogens with zero attached hydrogens (tertiary/aromatic N) is 4.